The molecule has 0 radical (unpaired) electrons. The first-order valence-corrected chi connectivity index (χ1v) is 6.87. The van der Waals surface area contributed by atoms with Gasteiger partial charge in [-0.15, -0.1) is 0 Å². The standard InChI is InChI=1S/C13H22ClN3/c1-9(8-15-11-5-4-6-11)7-12-10(2)16-17(3)13(12)14/h9,11,15H,4-8H2,1-3H3. The van der Waals surface area contributed by atoms with E-state index in [4.69, 9.17) is 11.6 Å². The highest BCUT2D eigenvalue weighted by Gasteiger charge is 2.19. The Kier molecular flexibility index (Phi) is 4.10. The molecular weight excluding hydrogens is 234 g/mol. The quantitative estimate of drug-likeness (QED) is 0.877. The number of hydrogen-bond acceptors (Lipinski definition) is 2. The predicted molar refractivity (Wildman–Crippen MR) is 71.5 cm³/mol. The van der Waals surface area contributed by atoms with Crippen LogP contribution in [0.25, 0.3) is 0 Å². The van der Waals surface area contributed by atoms with E-state index in [-0.39, 0.29) is 0 Å². The van der Waals surface area contributed by atoms with Crippen molar-refractivity contribution in [2.24, 2.45) is 13.0 Å². The van der Waals surface area contributed by atoms with E-state index in [1.165, 1.54) is 24.8 Å². The van der Waals surface area contributed by atoms with Gasteiger partial charge in [-0.1, -0.05) is 24.9 Å². The summed E-state index contributed by atoms with van der Waals surface area (Å²) in [4.78, 5) is 0. The minimum Gasteiger partial charge on any atom is -0.314 e. The van der Waals surface area contributed by atoms with Crippen LogP contribution in [0.5, 0.6) is 0 Å². The highest BCUT2D eigenvalue weighted by Crippen LogP contribution is 2.23. The molecule has 1 atom stereocenters. The number of aromatic nitrogens is 2. The summed E-state index contributed by atoms with van der Waals surface area (Å²) in [6.07, 6.45) is 5.09. The van der Waals surface area contributed by atoms with Crippen LogP contribution >= 0.6 is 11.6 Å². The molecular formula is C13H22ClN3. The molecule has 1 aliphatic rings. The fourth-order valence-electron chi connectivity index (χ4n) is 2.31. The molecule has 0 saturated heterocycles. The van der Waals surface area contributed by atoms with E-state index in [0.29, 0.717) is 5.92 Å². The van der Waals surface area contributed by atoms with Gasteiger partial charge in [-0.2, -0.15) is 5.10 Å². The zero-order valence-corrected chi connectivity index (χ0v) is 11.7. The molecule has 4 heteroatoms. The Morgan fingerprint density at radius 2 is 2.24 bits per heavy atom. The fraction of sp³-hybridized carbons (Fsp3) is 0.769. The average Bonchev–Trinajstić information content (AvgIpc) is 2.43. The normalized spacial score (nSPS) is 18.1. The third-order valence-electron chi connectivity index (χ3n) is 3.68. The van der Waals surface area contributed by atoms with Gasteiger partial charge in [0.25, 0.3) is 0 Å². The smallest absolute Gasteiger partial charge is 0.130 e. The van der Waals surface area contributed by atoms with E-state index in [0.717, 1.165) is 29.9 Å². The lowest BCUT2D eigenvalue weighted by atomic mass is 9.92. The first-order valence-electron chi connectivity index (χ1n) is 6.49. The van der Waals surface area contributed by atoms with Gasteiger partial charge in [0.2, 0.25) is 0 Å². The second kappa shape index (κ2) is 5.40. The maximum absolute atomic E-state index is 6.24. The van der Waals surface area contributed by atoms with Gasteiger partial charge in [0, 0.05) is 18.7 Å². The lowest BCUT2D eigenvalue weighted by Gasteiger charge is -2.28. The molecule has 0 spiro atoms. The number of hydrogen-bond donors (Lipinski definition) is 1. The van der Waals surface area contributed by atoms with Crippen molar-refractivity contribution < 1.29 is 0 Å². The molecule has 0 amide bonds. The SMILES string of the molecule is Cc1nn(C)c(Cl)c1CC(C)CNC1CCC1. The van der Waals surface area contributed by atoms with Gasteiger partial charge in [0.15, 0.2) is 0 Å². The van der Waals surface area contributed by atoms with Crippen LogP contribution in [-0.2, 0) is 13.5 Å². The van der Waals surface area contributed by atoms with Gasteiger partial charge < -0.3 is 5.32 Å². The van der Waals surface area contributed by atoms with Crippen molar-refractivity contribution in [2.75, 3.05) is 6.54 Å². The van der Waals surface area contributed by atoms with Crippen molar-refractivity contribution in [1.29, 1.82) is 0 Å². The molecule has 1 N–H and O–H groups in total. The van der Waals surface area contributed by atoms with Crippen LogP contribution in [-0.4, -0.2) is 22.4 Å². The average molecular weight is 256 g/mol. The second-order valence-electron chi connectivity index (χ2n) is 5.32. The molecule has 1 fully saturated rings. The van der Waals surface area contributed by atoms with Gasteiger partial charge in [-0.25, -0.2) is 0 Å². The zero-order valence-electron chi connectivity index (χ0n) is 11.0. The molecule has 1 unspecified atom stereocenters. The minimum absolute atomic E-state index is 0.607. The van der Waals surface area contributed by atoms with E-state index < -0.39 is 0 Å². The third-order valence-corrected chi connectivity index (χ3v) is 4.16. The predicted octanol–water partition coefficient (Wildman–Crippen LogP) is 2.70. The van der Waals surface area contributed by atoms with E-state index >= 15 is 0 Å². The van der Waals surface area contributed by atoms with Crippen molar-refractivity contribution in [3.63, 3.8) is 0 Å². The van der Waals surface area contributed by atoms with Crippen molar-refractivity contribution in [3.05, 3.63) is 16.4 Å². The summed E-state index contributed by atoms with van der Waals surface area (Å²) in [7, 11) is 1.90. The van der Waals surface area contributed by atoms with Crippen LogP contribution in [0.4, 0.5) is 0 Å². The molecule has 0 bridgehead atoms. The molecule has 96 valence electrons. The molecule has 1 saturated carbocycles. The molecule has 2 rings (SSSR count). The maximum atomic E-state index is 6.24. The fourth-order valence-corrected chi connectivity index (χ4v) is 2.56. The number of aryl methyl sites for hydroxylation is 2. The summed E-state index contributed by atoms with van der Waals surface area (Å²) in [5.41, 5.74) is 2.27. The molecule has 17 heavy (non-hydrogen) atoms. The lowest BCUT2D eigenvalue weighted by molar-refractivity contribution is 0.320. The second-order valence-corrected chi connectivity index (χ2v) is 5.68. The summed E-state index contributed by atoms with van der Waals surface area (Å²) < 4.78 is 1.76. The molecule has 1 aliphatic carbocycles. The number of halogens is 1. The summed E-state index contributed by atoms with van der Waals surface area (Å²) in [6, 6.07) is 0.767. The van der Waals surface area contributed by atoms with Gasteiger partial charge in [-0.3, -0.25) is 4.68 Å². The topological polar surface area (TPSA) is 29.9 Å². The summed E-state index contributed by atoms with van der Waals surface area (Å²) in [5, 5.41) is 8.75. The molecule has 1 aromatic rings. The molecule has 0 aliphatic heterocycles. The van der Waals surface area contributed by atoms with Crippen molar-refractivity contribution in [1.82, 2.24) is 15.1 Å². The van der Waals surface area contributed by atoms with E-state index in [2.05, 4.69) is 17.3 Å². The van der Waals surface area contributed by atoms with Crippen LogP contribution in [0.1, 0.15) is 37.4 Å². The Balaban J connectivity index is 1.86. The first kappa shape index (κ1) is 12.9. The molecule has 0 aromatic carbocycles. The number of nitrogens with one attached hydrogen (secondary N) is 1. The number of rotatable bonds is 5. The van der Waals surface area contributed by atoms with Gasteiger partial charge >= 0.3 is 0 Å². The van der Waals surface area contributed by atoms with Crippen LogP contribution < -0.4 is 5.32 Å². The zero-order chi connectivity index (χ0) is 12.4. The van der Waals surface area contributed by atoms with Crippen LogP contribution in [0, 0.1) is 12.8 Å². The van der Waals surface area contributed by atoms with E-state index in [1.54, 1.807) is 4.68 Å². The third kappa shape index (κ3) is 3.02. The van der Waals surface area contributed by atoms with E-state index in [1.807, 2.05) is 14.0 Å². The molecule has 1 heterocycles. The Labute approximate surface area is 109 Å². The van der Waals surface area contributed by atoms with Gasteiger partial charge in [-0.05, 0) is 38.6 Å². The minimum atomic E-state index is 0.607. The van der Waals surface area contributed by atoms with Gasteiger partial charge in [0.05, 0.1) is 5.69 Å². The molecule has 3 nitrogen and oxygen atoms in total. The highest BCUT2D eigenvalue weighted by molar-refractivity contribution is 6.30. The Morgan fingerprint density at radius 1 is 1.53 bits per heavy atom. The molecule has 1 aromatic heterocycles. The summed E-state index contributed by atoms with van der Waals surface area (Å²) >= 11 is 6.24. The largest absolute Gasteiger partial charge is 0.314 e. The van der Waals surface area contributed by atoms with Crippen LogP contribution in [0.15, 0.2) is 0 Å². The summed E-state index contributed by atoms with van der Waals surface area (Å²) in [6.45, 7) is 5.39. The Bertz CT molecular complexity index is 382. The lowest BCUT2D eigenvalue weighted by Crippen LogP contribution is -2.38. The Morgan fingerprint density at radius 3 is 2.71 bits per heavy atom. The Hall–Kier alpha value is -0.540. The van der Waals surface area contributed by atoms with Crippen molar-refractivity contribution in [3.8, 4) is 0 Å². The first-order chi connectivity index (χ1) is 8.08. The van der Waals surface area contributed by atoms with E-state index in [9.17, 15) is 0 Å². The summed E-state index contributed by atoms with van der Waals surface area (Å²) in [5.74, 6) is 0.607. The van der Waals surface area contributed by atoms with Gasteiger partial charge in [0.1, 0.15) is 5.15 Å². The van der Waals surface area contributed by atoms with Crippen LogP contribution in [0.3, 0.4) is 0 Å². The highest BCUT2D eigenvalue weighted by atomic mass is 35.5. The maximum Gasteiger partial charge on any atom is 0.130 e. The number of nitrogens with zero attached hydrogens (tertiary/aromatic N) is 2. The van der Waals surface area contributed by atoms with Crippen molar-refractivity contribution in [2.45, 2.75) is 45.6 Å². The monoisotopic (exact) mass is 255 g/mol. The van der Waals surface area contributed by atoms with Crippen LogP contribution in [0.2, 0.25) is 5.15 Å². The van der Waals surface area contributed by atoms with Crippen molar-refractivity contribution >= 4 is 11.6 Å².